The third-order valence-corrected chi connectivity index (χ3v) is 6.25. The average Bonchev–Trinajstić information content (AvgIpc) is 2.38. The van der Waals surface area contributed by atoms with Crippen molar-refractivity contribution in [3.05, 3.63) is 27.7 Å². The van der Waals surface area contributed by atoms with Crippen molar-refractivity contribution in [2.24, 2.45) is 5.92 Å². The van der Waals surface area contributed by atoms with Gasteiger partial charge in [-0.2, -0.15) is 4.31 Å². The number of hydrogen-bond donors (Lipinski definition) is 0. The van der Waals surface area contributed by atoms with Crippen molar-refractivity contribution in [2.45, 2.75) is 38.5 Å². The van der Waals surface area contributed by atoms with Gasteiger partial charge in [0.15, 0.2) is 0 Å². The van der Waals surface area contributed by atoms with Crippen LogP contribution in [0.3, 0.4) is 0 Å². The molecular weight excluding hydrogens is 362 g/mol. The molecule has 0 spiro atoms. The summed E-state index contributed by atoms with van der Waals surface area (Å²) >= 11 is 9.25. The monoisotopic (exact) mass is 381 g/mol. The quantitative estimate of drug-likeness (QED) is 0.693. The molecule has 0 saturated heterocycles. The lowest BCUT2D eigenvalue weighted by Crippen LogP contribution is -2.34. The van der Waals surface area contributed by atoms with Crippen LogP contribution in [0.25, 0.3) is 0 Å². The van der Waals surface area contributed by atoms with E-state index in [1.165, 1.54) is 4.31 Å². The first-order valence-corrected chi connectivity index (χ1v) is 9.35. The minimum Gasteiger partial charge on any atom is -0.207 e. The zero-order valence-electron chi connectivity index (χ0n) is 12.3. The lowest BCUT2D eigenvalue weighted by atomic mass is 10.2. The van der Waals surface area contributed by atoms with Crippen LogP contribution in [0.4, 0.5) is 0 Å². The fourth-order valence-electron chi connectivity index (χ4n) is 2.00. The molecule has 0 unspecified atom stereocenters. The lowest BCUT2D eigenvalue weighted by Gasteiger charge is -2.24. The largest absolute Gasteiger partial charge is 0.243 e. The lowest BCUT2D eigenvalue weighted by molar-refractivity contribution is 0.380. The van der Waals surface area contributed by atoms with Crippen molar-refractivity contribution in [1.82, 2.24) is 4.31 Å². The summed E-state index contributed by atoms with van der Waals surface area (Å²) in [5, 5.41) is 0. The molecule has 0 aliphatic rings. The van der Waals surface area contributed by atoms with Gasteiger partial charge < -0.3 is 0 Å². The Morgan fingerprint density at radius 1 is 1.35 bits per heavy atom. The molecule has 1 aromatic carbocycles. The van der Waals surface area contributed by atoms with Gasteiger partial charge in [-0.3, -0.25) is 0 Å². The fourth-order valence-corrected chi connectivity index (χ4v) is 4.70. The zero-order chi connectivity index (χ0) is 15.5. The van der Waals surface area contributed by atoms with Gasteiger partial charge in [0.1, 0.15) is 0 Å². The molecule has 0 aliphatic heterocycles. The molecule has 3 nitrogen and oxygen atoms in total. The average molecular weight is 383 g/mol. The third-order valence-electron chi connectivity index (χ3n) is 3.05. The molecule has 0 heterocycles. The molecule has 20 heavy (non-hydrogen) atoms. The van der Waals surface area contributed by atoms with Crippen molar-refractivity contribution in [1.29, 1.82) is 0 Å². The molecular formula is C14H21BrClNO2S. The van der Waals surface area contributed by atoms with Crippen molar-refractivity contribution in [2.75, 3.05) is 13.1 Å². The molecule has 0 N–H and O–H groups in total. The van der Waals surface area contributed by atoms with Crippen LogP contribution in [0, 0.1) is 12.8 Å². The van der Waals surface area contributed by atoms with Crippen molar-refractivity contribution in [3.8, 4) is 0 Å². The number of halogens is 2. The van der Waals surface area contributed by atoms with E-state index in [1.807, 2.05) is 26.8 Å². The van der Waals surface area contributed by atoms with E-state index in [1.54, 1.807) is 13.0 Å². The van der Waals surface area contributed by atoms with E-state index >= 15 is 0 Å². The molecule has 0 bridgehead atoms. The van der Waals surface area contributed by atoms with Crippen molar-refractivity contribution >= 4 is 37.6 Å². The molecule has 0 amide bonds. The predicted octanol–water partition coefficient (Wildman–Crippen LogP) is 4.16. The van der Waals surface area contributed by atoms with Gasteiger partial charge in [-0.05, 0) is 36.1 Å². The topological polar surface area (TPSA) is 37.4 Å². The van der Waals surface area contributed by atoms with Gasteiger partial charge in [0.05, 0.1) is 4.90 Å². The second kappa shape index (κ2) is 7.25. The Morgan fingerprint density at radius 2 is 1.95 bits per heavy atom. The summed E-state index contributed by atoms with van der Waals surface area (Å²) in [6, 6.07) is 3.53. The Balaban J connectivity index is 3.37. The smallest absolute Gasteiger partial charge is 0.207 e. The normalized spacial score (nSPS) is 12.4. The van der Waals surface area contributed by atoms with E-state index in [0.717, 1.165) is 15.6 Å². The molecule has 0 saturated carbocycles. The first-order valence-electron chi connectivity index (χ1n) is 6.59. The summed E-state index contributed by atoms with van der Waals surface area (Å²) in [6.45, 7) is 8.66. The van der Waals surface area contributed by atoms with E-state index in [0.29, 0.717) is 18.0 Å². The zero-order valence-corrected chi connectivity index (χ0v) is 15.4. The highest BCUT2D eigenvalue weighted by atomic mass is 79.9. The number of hydrogen-bond acceptors (Lipinski definition) is 2. The van der Waals surface area contributed by atoms with Gasteiger partial charge in [-0.15, -0.1) is 11.6 Å². The summed E-state index contributed by atoms with van der Waals surface area (Å²) < 4.78 is 27.9. The Bertz CT molecular complexity index is 573. The molecule has 0 atom stereocenters. The minimum atomic E-state index is -3.49. The summed E-state index contributed by atoms with van der Waals surface area (Å²) in [7, 11) is -3.49. The Labute approximate surface area is 135 Å². The van der Waals surface area contributed by atoms with Crippen LogP contribution < -0.4 is 0 Å². The van der Waals surface area contributed by atoms with Gasteiger partial charge in [-0.1, -0.05) is 36.7 Å². The summed E-state index contributed by atoms with van der Waals surface area (Å²) in [5.74, 6) is 0.572. The molecule has 0 radical (unpaired) electrons. The summed E-state index contributed by atoms with van der Waals surface area (Å²) in [5.41, 5.74) is 1.52. The highest BCUT2D eigenvalue weighted by Gasteiger charge is 2.26. The Kier molecular flexibility index (Phi) is 6.51. The second-order valence-electron chi connectivity index (χ2n) is 5.18. The second-order valence-corrected chi connectivity index (χ2v) is 8.21. The third kappa shape index (κ3) is 3.97. The number of sulfonamides is 1. The predicted molar refractivity (Wildman–Crippen MR) is 87.7 cm³/mol. The first kappa shape index (κ1) is 18.0. The van der Waals surface area contributed by atoms with Crippen molar-refractivity contribution in [3.63, 3.8) is 0 Å². The molecule has 0 aromatic heterocycles. The number of benzene rings is 1. The van der Waals surface area contributed by atoms with Crippen LogP contribution in [0.5, 0.6) is 0 Å². The molecule has 1 rings (SSSR count). The minimum absolute atomic E-state index is 0.282. The van der Waals surface area contributed by atoms with Gasteiger partial charge in [-0.25, -0.2) is 8.42 Å². The fraction of sp³-hybridized carbons (Fsp3) is 0.571. The molecule has 114 valence electrons. The van der Waals surface area contributed by atoms with E-state index in [4.69, 9.17) is 11.6 Å². The van der Waals surface area contributed by atoms with Crippen molar-refractivity contribution < 1.29 is 8.42 Å². The first-order chi connectivity index (χ1) is 9.23. The maximum Gasteiger partial charge on any atom is 0.243 e. The maximum atomic E-state index is 12.8. The number of nitrogens with zero attached hydrogens (tertiary/aromatic N) is 1. The van der Waals surface area contributed by atoms with Gasteiger partial charge in [0.2, 0.25) is 10.0 Å². The van der Waals surface area contributed by atoms with Crippen LogP contribution in [0.2, 0.25) is 0 Å². The standard InChI is InChI=1S/C14H21BrClNO2S/c1-5-17(9-10(2)3)20(18,19)14-7-12(8-16)6-13(15)11(14)4/h6-7,10H,5,8-9H2,1-4H3. The highest BCUT2D eigenvalue weighted by Crippen LogP contribution is 2.29. The summed E-state index contributed by atoms with van der Waals surface area (Å²) in [6.07, 6.45) is 0. The van der Waals surface area contributed by atoms with Crippen LogP contribution in [-0.4, -0.2) is 25.8 Å². The summed E-state index contributed by atoms with van der Waals surface area (Å²) in [4.78, 5) is 0.338. The molecule has 0 aliphatic carbocycles. The van der Waals surface area contributed by atoms with Crippen LogP contribution in [-0.2, 0) is 15.9 Å². The molecule has 1 aromatic rings. The van der Waals surface area contributed by atoms with Gasteiger partial charge >= 0.3 is 0 Å². The Morgan fingerprint density at radius 3 is 2.40 bits per heavy atom. The number of rotatable bonds is 6. The van der Waals surface area contributed by atoms with Crippen LogP contribution in [0.15, 0.2) is 21.5 Å². The van der Waals surface area contributed by atoms with E-state index in [9.17, 15) is 8.42 Å². The van der Waals surface area contributed by atoms with Crippen LogP contribution in [0.1, 0.15) is 31.9 Å². The molecule has 0 fully saturated rings. The van der Waals surface area contributed by atoms with Gasteiger partial charge in [0, 0.05) is 23.4 Å². The van der Waals surface area contributed by atoms with Crippen LogP contribution >= 0.6 is 27.5 Å². The van der Waals surface area contributed by atoms with E-state index in [2.05, 4.69) is 15.9 Å². The molecule has 6 heteroatoms. The van der Waals surface area contributed by atoms with E-state index < -0.39 is 10.0 Å². The van der Waals surface area contributed by atoms with Gasteiger partial charge in [0.25, 0.3) is 0 Å². The maximum absolute atomic E-state index is 12.8. The van der Waals surface area contributed by atoms with E-state index in [-0.39, 0.29) is 11.8 Å². The number of alkyl halides is 1. The Hall–Kier alpha value is -0.100. The highest BCUT2D eigenvalue weighted by molar-refractivity contribution is 9.10. The SMILES string of the molecule is CCN(CC(C)C)S(=O)(=O)c1cc(CCl)cc(Br)c1C.